The Hall–Kier alpha value is -1.59. The van der Waals surface area contributed by atoms with E-state index in [-0.39, 0.29) is 5.97 Å². The Morgan fingerprint density at radius 2 is 2.16 bits per heavy atom. The molecule has 4 nitrogen and oxygen atoms in total. The molecule has 0 saturated carbocycles. The van der Waals surface area contributed by atoms with Crippen molar-refractivity contribution in [1.29, 1.82) is 0 Å². The number of nitrogens with zero attached hydrogens (tertiary/aromatic N) is 1. The summed E-state index contributed by atoms with van der Waals surface area (Å²) in [4.78, 5) is 14.7. The molecule has 3 rings (SSSR count). The maximum absolute atomic E-state index is 11.6. The quantitative estimate of drug-likeness (QED) is 0.853. The van der Waals surface area contributed by atoms with Crippen LogP contribution in [0.1, 0.15) is 9.67 Å². The smallest absolute Gasteiger partial charge is 0.348 e. The molecule has 1 N–H and O–H groups in total. The molecule has 1 aliphatic rings. The van der Waals surface area contributed by atoms with Gasteiger partial charge in [-0.05, 0) is 18.2 Å². The van der Waals surface area contributed by atoms with Crippen molar-refractivity contribution in [3.8, 4) is 0 Å². The number of hydrogen-bond donors (Lipinski definition) is 1. The van der Waals surface area contributed by atoms with Crippen molar-refractivity contribution in [3.63, 3.8) is 0 Å². The first-order valence-corrected chi connectivity index (χ1v) is 7.18. The highest BCUT2D eigenvalue weighted by Gasteiger charge is 2.16. The summed E-state index contributed by atoms with van der Waals surface area (Å²) in [6.07, 6.45) is 0. The molecule has 0 unspecified atom stereocenters. The zero-order valence-electron chi connectivity index (χ0n) is 10.8. The Bertz CT molecular complexity index is 603. The van der Waals surface area contributed by atoms with Crippen LogP contribution in [0.5, 0.6) is 0 Å². The average molecular weight is 276 g/mol. The Balaban J connectivity index is 2.04. The maximum atomic E-state index is 11.6. The van der Waals surface area contributed by atoms with Crippen LogP contribution in [-0.2, 0) is 4.74 Å². The minimum atomic E-state index is -0.257. The summed E-state index contributed by atoms with van der Waals surface area (Å²) < 4.78 is 5.93. The molecule has 0 spiro atoms. The lowest BCUT2D eigenvalue weighted by Gasteiger charge is -2.30. The number of ether oxygens (including phenoxy) is 1. The number of nitrogens with one attached hydrogen (secondary N) is 1. The number of thiophene rings is 1. The van der Waals surface area contributed by atoms with Crippen molar-refractivity contribution in [2.45, 2.75) is 0 Å². The van der Waals surface area contributed by atoms with Gasteiger partial charge in [-0.25, -0.2) is 4.79 Å². The van der Waals surface area contributed by atoms with Gasteiger partial charge in [0.15, 0.2) is 0 Å². The second-order valence-corrected chi connectivity index (χ2v) is 5.61. The predicted molar refractivity (Wildman–Crippen MR) is 78.2 cm³/mol. The van der Waals surface area contributed by atoms with E-state index in [1.54, 1.807) is 0 Å². The molecule has 1 saturated heterocycles. The maximum Gasteiger partial charge on any atom is 0.348 e. The molecule has 1 aromatic carbocycles. The number of methoxy groups -OCH3 is 1. The third-order valence-corrected chi connectivity index (χ3v) is 4.46. The summed E-state index contributed by atoms with van der Waals surface area (Å²) >= 11 is 1.49. The standard InChI is InChI=1S/C14H16N2O2S/c1-18-14(17)13-9-10-11(3-2-4-12(10)19-13)16-7-5-15-6-8-16/h2-4,9,15H,5-8H2,1H3. The molecule has 2 heterocycles. The lowest BCUT2D eigenvalue weighted by molar-refractivity contribution is 0.0606. The molecule has 0 radical (unpaired) electrons. The molecule has 0 amide bonds. The van der Waals surface area contributed by atoms with E-state index < -0.39 is 0 Å². The highest BCUT2D eigenvalue weighted by Crippen LogP contribution is 2.33. The van der Waals surface area contributed by atoms with Crippen LogP contribution < -0.4 is 10.2 Å². The molecule has 100 valence electrons. The van der Waals surface area contributed by atoms with Crippen LogP contribution in [-0.4, -0.2) is 39.3 Å². The van der Waals surface area contributed by atoms with Crippen molar-refractivity contribution >= 4 is 33.1 Å². The zero-order chi connectivity index (χ0) is 13.2. The van der Waals surface area contributed by atoms with Gasteiger partial charge in [0, 0.05) is 42.0 Å². The Morgan fingerprint density at radius 1 is 1.37 bits per heavy atom. The predicted octanol–water partition coefficient (Wildman–Crippen LogP) is 2.10. The number of carbonyl (C=O) groups excluding carboxylic acids is 1. The van der Waals surface area contributed by atoms with E-state index >= 15 is 0 Å². The molecule has 1 aliphatic heterocycles. The van der Waals surface area contributed by atoms with Crippen molar-refractivity contribution in [2.75, 3.05) is 38.2 Å². The van der Waals surface area contributed by atoms with Gasteiger partial charge in [-0.15, -0.1) is 11.3 Å². The molecule has 1 aromatic heterocycles. The first-order valence-electron chi connectivity index (χ1n) is 6.36. The van der Waals surface area contributed by atoms with Crippen LogP contribution in [0.2, 0.25) is 0 Å². The minimum Gasteiger partial charge on any atom is -0.465 e. The van der Waals surface area contributed by atoms with Gasteiger partial charge in [-0.2, -0.15) is 0 Å². The van der Waals surface area contributed by atoms with Crippen molar-refractivity contribution < 1.29 is 9.53 Å². The summed E-state index contributed by atoms with van der Waals surface area (Å²) in [6, 6.07) is 8.18. The van der Waals surface area contributed by atoms with Gasteiger partial charge in [0.1, 0.15) is 4.88 Å². The first-order chi connectivity index (χ1) is 9.29. The Labute approximate surface area is 116 Å². The van der Waals surface area contributed by atoms with Gasteiger partial charge >= 0.3 is 5.97 Å². The molecule has 0 atom stereocenters. The van der Waals surface area contributed by atoms with E-state index in [1.165, 1.54) is 24.1 Å². The largest absolute Gasteiger partial charge is 0.465 e. The summed E-state index contributed by atoms with van der Waals surface area (Å²) in [5.74, 6) is -0.257. The molecule has 0 bridgehead atoms. The summed E-state index contributed by atoms with van der Waals surface area (Å²) in [6.45, 7) is 4.01. The van der Waals surface area contributed by atoms with Gasteiger partial charge < -0.3 is 15.0 Å². The summed E-state index contributed by atoms with van der Waals surface area (Å²) in [5.41, 5.74) is 1.21. The highest BCUT2D eigenvalue weighted by molar-refractivity contribution is 7.20. The number of piperazine rings is 1. The average Bonchev–Trinajstić information content (AvgIpc) is 2.91. The fraction of sp³-hybridized carbons (Fsp3) is 0.357. The number of benzene rings is 1. The fourth-order valence-corrected chi connectivity index (χ4v) is 3.43. The minimum absolute atomic E-state index is 0.257. The van der Waals surface area contributed by atoms with Crippen molar-refractivity contribution in [2.24, 2.45) is 0 Å². The number of rotatable bonds is 2. The summed E-state index contributed by atoms with van der Waals surface area (Å²) in [5, 5.41) is 4.50. The molecule has 1 fully saturated rings. The molecule has 0 aliphatic carbocycles. The molecular formula is C14H16N2O2S. The van der Waals surface area contributed by atoms with E-state index in [1.807, 2.05) is 6.07 Å². The van der Waals surface area contributed by atoms with E-state index in [9.17, 15) is 4.79 Å². The third kappa shape index (κ3) is 2.31. The molecule has 2 aromatic rings. The van der Waals surface area contributed by atoms with Crippen LogP contribution in [0.4, 0.5) is 5.69 Å². The number of fused-ring (bicyclic) bond motifs is 1. The van der Waals surface area contributed by atoms with Gasteiger partial charge in [0.25, 0.3) is 0 Å². The second-order valence-electron chi connectivity index (χ2n) is 4.53. The van der Waals surface area contributed by atoms with Crippen LogP contribution in [0, 0.1) is 0 Å². The topological polar surface area (TPSA) is 41.6 Å². The lowest BCUT2D eigenvalue weighted by atomic mass is 10.2. The van der Waals surface area contributed by atoms with Crippen LogP contribution in [0.3, 0.4) is 0 Å². The highest BCUT2D eigenvalue weighted by atomic mass is 32.1. The van der Waals surface area contributed by atoms with Crippen LogP contribution in [0.15, 0.2) is 24.3 Å². The SMILES string of the molecule is COC(=O)c1cc2c(N3CCNCC3)cccc2s1. The van der Waals surface area contributed by atoms with E-state index in [4.69, 9.17) is 4.74 Å². The van der Waals surface area contributed by atoms with Crippen LogP contribution >= 0.6 is 11.3 Å². The zero-order valence-corrected chi connectivity index (χ0v) is 11.6. The van der Waals surface area contributed by atoms with Gasteiger partial charge in [-0.1, -0.05) is 6.07 Å². The van der Waals surface area contributed by atoms with E-state index in [2.05, 4.69) is 28.4 Å². The van der Waals surface area contributed by atoms with E-state index in [0.29, 0.717) is 4.88 Å². The third-order valence-electron chi connectivity index (χ3n) is 3.38. The van der Waals surface area contributed by atoms with Crippen molar-refractivity contribution in [3.05, 3.63) is 29.1 Å². The van der Waals surface area contributed by atoms with Gasteiger partial charge in [0.2, 0.25) is 0 Å². The normalized spacial score (nSPS) is 15.7. The molecule has 19 heavy (non-hydrogen) atoms. The number of hydrogen-bond acceptors (Lipinski definition) is 5. The Morgan fingerprint density at radius 3 is 2.89 bits per heavy atom. The first kappa shape index (κ1) is 12.4. The number of esters is 1. The summed E-state index contributed by atoms with van der Waals surface area (Å²) in [7, 11) is 1.42. The second kappa shape index (κ2) is 5.19. The monoisotopic (exact) mass is 276 g/mol. The molecular weight excluding hydrogens is 260 g/mol. The lowest BCUT2D eigenvalue weighted by Crippen LogP contribution is -2.43. The van der Waals surface area contributed by atoms with E-state index in [0.717, 1.165) is 36.3 Å². The fourth-order valence-electron chi connectivity index (χ4n) is 2.43. The van der Waals surface area contributed by atoms with Crippen molar-refractivity contribution in [1.82, 2.24) is 5.32 Å². The van der Waals surface area contributed by atoms with Gasteiger partial charge in [0.05, 0.1) is 7.11 Å². The number of anilines is 1. The number of carbonyl (C=O) groups is 1. The molecule has 5 heteroatoms. The van der Waals surface area contributed by atoms with Gasteiger partial charge in [-0.3, -0.25) is 0 Å². The van der Waals surface area contributed by atoms with Crippen LogP contribution in [0.25, 0.3) is 10.1 Å². The Kier molecular flexibility index (Phi) is 3.40.